The van der Waals surface area contributed by atoms with Crippen molar-refractivity contribution in [3.63, 3.8) is 0 Å². The highest BCUT2D eigenvalue weighted by atomic mass is 15.2. The van der Waals surface area contributed by atoms with Gasteiger partial charge in [0, 0.05) is 24.2 Å². The summed E-state index contributed by atoms with van der Waals surface area (Å²) in [7, 11) is 0. The first kappa shape index (κ1) is 16.0. The molecule has 0 saturated carbocycles. The van der Waals surface area contributed by atoms with Gasteiger partial charge in [-0.2, -0.15) is 0 Å². The van der Waals surface area contributed by atoms with Gasteiger partial charge in [-0.3, -0.25) is 4.90 Å². The largest absolute Gasteiger partial charge is 0.311 e. The summed E-state index contributed by atoms with van der Waals surface area (Å²) in [6, 6.07) is 1.40. The number of nitrogens with zero attached hydrogens (tertiary/aromatic N) is 1. The number of hydrogen-bond acceptors (Lipinski definition) is 2. The lowest BCUT2D eigenvalue weighted by atomic mass is 9.88. The molecular formula is C16H34N2. The molecule has 0 bridgehead atoms. The Morgan fingerprint density at radius 3 is 2.33 bits per heavy atom. The molecule has 3 atom stereocenters. The Morgan fingerprint density at radius 2 is 1.83 bits per heavy atom. The van der Waals surface area contributed by atoms with Gasteiger partial charge in [0.1, 0.15) is 0 Å². The smallest absolute Gasteiger partial charge is 0.0246 e. The van der Waals surface area contributed by atoms with Crippen molar-refractivity contribution in [1.82, 2.24) is 10.2 Å². The third-order valence-electron chi connectivity index (χ3n) is 4.46. The second kappa shape index (κ2) is 6.38. The molecule has 108 valence electrons. The SMILES string of the molecule is CC(C)C(CNC(C)(C)C)N1CCCC(C)C1C. The molecule has 0 amide bonds. The maximum Gasteiger partial charge on any atom is 0.0246 e. The van der Waals surface area contributed by atoms with E-state index in [0.29, 0.717) is 12.0 Å². The molecule has 0 aliphatic carbocycles. The molecule has 1 fully saturated rings. The van der Waals surface area contributed by atoms with Crippen molar-refractivity contribution in [2.24, 2.45) is 11.8 Å². The average Bonchev–Trinajstić information content (AvgIpc) is 2.22. The van der Waals surface area contributed by atoms with Crippen molar-refractivity contribution >= 4 is 0 Å². The van der Waals surface area contributed by atoms with E-state index >= 15 is 0 Å². The topological polar surface area (TPSA) is 15.3 Å². The van der Waals surface area contributed by atoms with Crippen LogP contribution < -0.4 is 5.32 Å². The van der Waals surface area contributed by atoms with Crippen LogP contribution in [0.1, 0.15) is 61.3 Å². The predicted molar refractivity (Wildman–Crippen MR) is 80.9 cm³/mol. The monoisotopic (exact) mass is 254 g/mol. The molecule has 2 nitrogen and oxygen atoms in total. The number of nitrogens with one attached hydrogen (secondary N) is 1. The number of rotatable bonds is 4. The molecule has 1 N–H and O–H groups in total. The van der Waals surface area contributed by atoms with Crippen LogP contribution in [0.3, 0.4) is 0 Å². The van der Waals surface area contributed by atoms with Gasteiger partial charge in [0.15, 0.2) is 0 Å². The fraction of sp³-hybridized carbons (Fsp3) is 1.00. The fourth-order valence-electron chi connectivity index (χ4n) is 2.98. The zero-order valence-electron chi connectivity index (χ0n) is 13.6. The molecular weight excluding hydrogens is 220 g/mol. The van der Waals surface area contributed by atoms with Crippen molar-refractivity contribution in [1.29, 1.82) is 0 Å². The maximum atomic E-state index is 3.69. The van der Waals surface area contributed by atoms with E-state index in [0.717, 1.165) is 18.5 Å². The third-order valence-corrected chi connectivity index (χ3v) is 4.46. The maximum absolute atomic E-state index is 3.69. The Balaban J connectivity index is 2.66. The average molecular weight is 254 g/mol. The van der Waals surface area contributed by atoms with Gasteiger partial charge < -0.3 is 5.32 Å². The van der Waals surface area contributed by atoms with Gasteiger partial charge in [-0.1, -0.05) is 20.8 Å². The second-order valence-electron chi connectivity index (χ2n) is 7.54. The van der Waals surface area contributed by atoms with Crippen molar-refractivity contribution in [3.05, 3.63) is 0 Å². The fourth-order valence-corrected chi connectivity index (χ4v) is 2.98. The Kier molecular flexibility index (Phi) is 5.67. The Morgan fingerprint density at radius 1 is 1.22 bits per heavy atom. The van der Waals surface area contributed by atoms with Gasteiger partial charge in [0.05, 0.1) is 0 Å². The third kappa shape index (κ3) is 4.55. The lowest BCUT2D eigenvalue weighted by molar-refractivity contribution is 0.0440. The van der Waals surface area contributed by atoms with Crippen LogP contribution in [-0.2, 0) is 0 Å². The highest BCUT2D eigenvalue weighted by molar-refractivity contribution is 4.88. The van der Waals surface area contributed by atoms with Crippen LogP contribution >= 0.6 is 0 Å². The molecule has 1 heterocycles. The van der Waals surface area contributed by atoms with Crippen LogP contribution in [0.15, 0.2) is 0 Å². The minimum Gasteiger partial charge on any atom is -0.311 e. The van der Waals surface area contributed by atoms with Crippen molar-refractivity contribution in [3.8, 4) is 0 Å². The zero-order chi connectivity index (χ0) is 13.9. The standard InChI is InChI=1S/C16H34N2/c1-12(2)15(11-17-16(5,6)7)18-10-8-9-13(3)14(18)4/h12-15,17H,8-11H2,1-7H3. The van der Waals surface area contributed by atoms with Crippen LogP contribution in [0.25, 0.3) is 0 Å². The highest BCUT2D eigenvalue weighted by Crippen LogP contribution is 2.27. The molecule has 1 rings (SSSR count). The van der Waals surface area contributed by atoms with E-state index < -0.39 is 0 Å². The van der Waals surface area contributed by atoms with Gasteiger partial charge in [-0.15, -0.1) is 0 Å². The Bertz CT molecular complexity index is 242. The van der Waals surface area contributed by atoms with Crippen LogP contribution in [0.2, 0.25) is 0 Å². The minimum absolute atomic E-state index is 0.220. The van der Waals surface area contributed by atoms with Crippen LogP contribution in [0, 0.1) is 11.8 Å². The van der Waals surface area contributed by atoms with Crippen LogP contribution in [0.4, 0.5) is 0 Å². The van der Waals surface area contributed by atoms with Crippen LogP contribution in [-0.4, -0.2) is 35.6 Å². The van der Waals surface area contributed by atoms with Gasteiger partial charge in [-0.05, 0) is 58.9 Å². The summed E-state index contributed by atoms with van der Waals surface area (Å²) in [4.78, 5) is 2.75. The summed E-state index contributed by atoms with van der Waals surface area (Å²) >= 11 is 0. The minimum atomic E-state index is 0.220. The number of hydrogen-bond donors (Lipinski definition) is 1. The predicted octanol–water partition coefficient (Wildman–Crippen LogP) is 3.52. The summed E-state index contributed by atoms with van der Waals surface area (Å²) in [5.74, 6) is 1.56. The van der Waals surface area contributed by atoms with Crippen molar-refractivity contribution in [2.45, 2.75) is 78.9 Å². The van der Waals surface area contributed by atoms with E-state index in [1.165, 1.54) is 19.4 Å². The van der Waals surface area contributed by atoms with E-state index in [2.05, 4.69) is 58.7 Å². The molecule has 18 heavy (non-hydrogen) atoms. The first-order chi connectivity index (χ1) is 8.22. The number of likely N-dealkylation sites (tertiary alicyclic amines) is 1. The van der Waals surface area contributed by atoms with E-state index in [1.54, 1.807) is 0 Å². The lowest BCUT2D eigenvalue weighted by Crippen LogP contribution is -2.55. The van der Waals surface area contributed by atoms with E-state index in [1.807, 2.05) is 0 Å². The summed E-state index contributed by atoms with van der Waals surface area (Å²) in [6.07, 6.45) is 2.76. The molecule has 1 aliphatic rings. The Hall–Kier alpha value is -0.0800. The van der Waals surface area contributed by atoms with Crippen LogP contribution in [0.5, 0.6) is 0 Å². The van der Waals surface area contributed by atoms with E-state index in [4.69, 9.17) is 0 Å². The molecule has 0 aromatic heterocycles. The summed E-state index contributed by atoms with van der Waals surface area (Å²) < 4.78 is 0. The van der Waals surface area contributed by atoms with E-state index in [9.17, 15) is 0 Å². The molecule has 1 aliphatic heterocycles. The molecule has 0 spiro atoms. The first-order valence-electron chi connectivity index (χ1n) is 7.73. The molecule has 1 saturated heterocycles. The second-order valence-corrected chi connectivity index (χ2v) is 7.54. The Labute approximate surface area is 115 Å². The lowest BCUT2D eigenvalue weighted by Gasteiger charge is -2.45. The van der Waals surface area contributed by atoms with Gasteiger partial charge >= 0.3 is 0 Å². The first-order valence-corrected chi connectivity index (χ1v) is 7.73. The van der Waals surface area contributed by atoms with Gasteiger partial charge in [0.25, 0.3) is 0 Å². The quantitative estimate of drug-likeness (QED) is 0.826. The summed E-state index contributed by atoms with van der Waals surface area (Å²) in [5.41, 5.74) is 0.220. The number of piperidine rings is 1. The molecule has 0 aromatic rings. The molecule has 0 aromatic carbocycles. The van der Waals surface area contributed by atoms with Gasteiger partial charge in [0.2, 0.25) is 0 Å². The zero-order valence-corrected chi connectivity index (χ0v) is 13.6. The summed E-state index contributed by atoms with van der Waals surface area (Å²) in [6.45, 7) is 18.7. The van der Waals surface area contributed by atoms with Crippen molar-refractivity contribution < 1.29 is 0 Å². The molecule has 0 radical (unpaired) electrons. The molecule has 3 unspecified atom stereocenters. The van der Waals surface area contributed by atoms with Gasteiger partial charge in [-0.25, -0.2) is 0 Å². The molecule has 2 heteroatoms. The van der Waals surface area contributed by atoms with E-state index in [-0.39, 0.29) is 5.54 Å². The summed E-state index contributed by atoms with van der Waals surface area (Å²) in [5, 5.41) is 3.69. The normalized spacial score (nSPS) is 28.7. The van der Waals surface area contributed by atoms with Crippen molar-refractivity contribution in [2.75, 3.05) is 13.1 Å². The highest BCUT2D eigenvalue weighted by Gasteiger charge is 2.32.